The zero-order chi connectivity index (χ0) is 23.8. The fourth-order valence-corrected chi connectivity index (χ4v) is 3.75. The van der Waals surface area contributed by atoms with Crippen molar-refractivity contribution in [2.75, 3.05) is 34.4 Å². The van der Waals surface area contributed by atoms with E-state index in [-0.39, 0.29) is 6.04 Å². The Morgan fingerprint density at radius 3 is 1.94 bits per heavy atom. The topological polar surface area (TPSA) is 113 Å². The summed E-state index contributed by atoms with van der Waals surface area (Å²) in [6.07, 6.45) is 3.40. The fraction of sp³-hybridized carbons (Fsp3) is 0.435. The normalized spacial score (nSPS) is 18.2. The quantitative estimate of drug-likeness (QED) is 0.301. The smallest absolute Gasteiger partial charge is 0.347 e. The number of quaternary nitrogens is 1. The third-order valence-electron chi connectivity index (χ3n) is 5.80. The summed E-state index contributed by atoms with van der Waals surface area (Å²) in [7, 11) is 0.753. The molecule has 3 rings (SSSR count). The van der Waals surface area contributed by atoms with Crippen LogP contribution in [0.5, 0.6) is 0 Å². The molecule has 32 heavy (non-hydrogen) atoms. The first-order valence-electron chi connectivity index (χ1n) is 10.4. The molecule has 0 bridgehead atoms. The second-order valence-corrected chi connectivity index (χ2v) is 9.42. The Hall–Kier alpha value is -2.30. The van der Waals surface area contributed by atoms with E-state index in [2.05, 4.69) is 18.3 Å². The van der Waals surface area contributed by atoms with Crippen molar-refractivity contribution in [3.05, 3.63) is 71.8 Å². The molecular formula is C23H31NO7S. The van der Waals surface area contributed by atoms with Crippen molar-refractivity contribution in [2.45, 2.75) is 30.9 Å². The van der Waals surface area contributed by atoms with Crippen LogP contribution >= 0.6 is 0 Å². The van der Waals surface area contributed by atoms with E-state index >= 15 is 0 Å². The van der Waals surface area contributed by atoms with E-state index in [9.17, 15) is 22.9 Å². The summed E-state index contributed by atoms with van der Waals surface area (Å²) in [5.41, 5.74) is -0.754. The Bertz CT molecular complexity index is 923. The van der Waals surface area contributed by atoms with E-state index in [0.717, 1.165) is 31.0 Å². The standard InChI is InChI=1S/C22H28NO3.CH4O4S/c1-23(2)16-10-9-15-20(23)17-26-21(24)22(25,18-11-5-3-6-12-18)19-13-7-4-8-14-19;1-5-6(2,3)4/h3-8,11-14,20,25H,9-10,15-17H2,1-2H3;1H3,(H,2,3,4)/q+1;/p-1. The molecule has 1 atom stereocenters. The van der Waals surface area contributed by atoms with Crippen LogP contribution in [0.3, 0.4) is 0 Å². The molecule has 8 nitrogen and oxygen atoms in total. The molecule has 0 amide bonds. The summed E-state index contributed by atoms with van der Waals surface area (Å²) in [6.45, 7) is 1.41. The lowest BCUT2D eigenvalue weighted by molar-refractivity contribution is -0.920. The number of likely N-dealkylation sites (tertiary alicyclic amines) is 1. The molecule has 0 aliphatic carbocycles. The van der Waals surface area contributed by atoms with Gasteiger partial charge in [-0.05, 0) is 24.0 Å². The molecule has 176 valence electrons. The lowest BCUT2D eigenvalue weighted by Crippen LogP contribution is -2.54. The van der Waals surface area contributed by atoms with Gasteiger partial charge in [-0.3, -0.25) is 4.18 Å². The van der Waals surface area contributed by atoms with Crippen LogP contribution in [0, 0.1) is 0 Å². The summed E-state index contributed by atoms with van der Waals surface area (Å²) in [4.78, 5) is 13.0. The summed E-state index contributed by atoms with van der Waals surface area (Å²) in [6, 6.07) is 18.3. The highest BCUT2D eigenvalue weighted by molar-refractivity contribution is 7.80. The zero-order valence-corrected chi connectivity index (χ0v) is 19.5. The van der Waals surface area contributed by atoms with Gasteiger partial charge in [-0.15, -0.1) is 0 Å². The van der Waals surface area contributed by atoms with Crippen LogP contribution in [0.15, 0.2) is 60.7 Å². The Morgan fingerprint density at radius 2 is 1.53 bits per heavy atom. The summed E-state index contributed by atoms with van der Waals surface area (Å²) in [5.74, 6) is -0.611. The van der Waals surface area contributed by atoms with E-state index < -0.39 is 22.0 Å². The van der Waals surface area contributed by atoms with Crippen molar-refractivity contribution in [2.24, 2.45) is 0 Å². The van der Waals surface area contributed by atoms with Gasteiger partial charge in [-0.25, -0.2) is 13.2 Å². The summed E-state index contributed by atoms with van der Waals surface area (Å²) >= 11 is 0. The summed E-state index contributed by atoms with van der Waals surface area (Å²) in [5, 5.41) is 11.4. The number of likely N-dealkylation sites (N-methyl/N-ethyl adjacent to an activating group) is 1. The number of carbonyl (C=O) groups is 1. The molecule has 0 spiro atoms. The number of nitrogens with zero attached hydrogens (tertiary/aromatic N) is 1. The maximum Gasteiger partial charge on any atom is 0.347 e. The Kier molecular flexibility index (Phi) is 8.94. The third-order valence-corrected chi connectivity index (χ3v) is 6.21. The van der Waals surface area contributed by atoms with Gasteiger partial charge in [-0.2, -0.15) is 0 Å². The van der Waals surface area contributed by atoms with Crippen molar-refractivity contribution in [1.82, 2.24) is 0 Å². The second kappa shape index (κ2) is 11.0. The first kappa shape index (κ1) is 26.0. The van der Waals surface area contributed by atoms with Crippen molar-refractivity contribution in [1.29, 1.82) is 0 Å². The van der Waals surface area contributed by atoms with Gasteiger partial charge in [-0.1, -0.05) is 60.7 Å². The maximum absolute atomic E-state index is 13.0. The second-order valence-electron chi connectivity index (χ2n) is 8.27. The van der Waals surface area contributed by atoms with E-state index in [1.165, 1.54) is 6.42 Å². The SMILES string of the molecule is COS(=O)(=O)[O-].C[N+]1(C)CCCCC1COC(=O)C(O)(c1ccccc1)c1ccccc1. The number of aliphatic hydroxyl groups is 1. The zero-order valence-electron chi connectivity index (χ0n) is 18.6. The van der Waals surface area contributed by atoms with Crippen molar-refractivity contribution in [3.63, 3.8) is 0 Å². The van der Waals surface area contributed by atoms with Gasteiger partial charge < -0.3 is 18.9 Å². The molecule has 1 saturated heterocycles. The van der Waals surface area contributed by atoms with Crippen LogP contribution in [-0.2, 0) is 29.7 Å². The van der Waals surface area contributed by atoms with E-state index in [0.29, 0.717) is 17.7 Å². The molecule has 1 fully saturated rings. The highest BCUT2D eigenvalue weighted by Crippen LogP contribution is 2.31. The van der Waals surface area contributed by atoms with Gasteiger partial charge >= 0.3 is 5.97 Å². The van der Waals surface area contributed by atoms with Crippen molar-refractivity contribution < 1.29 is 36.3 Å². The monoisotopic (exact) mass is 465 g/mol. The molecule has 1 N–H and O–H groups in total. The van der Waals surface area contributed by atoms with Gasteiger partial charge in [0.05, 0.1) is 27.7 Å². The Balaban J connectivity index is 0.000000534. The third kappa shape index (κ3) is 6.85. The number of piperidine rings is 1. The first-order valence-corrected chi connectivity index (χ1v) is 11.7. The van der Waals surface area contributed by atoms with Crippen LogP contribution < -0.4 is 0 Å². The molecule has 1 aliphatic rings. The molecule has 0 aromatic heterocycles. The van der Waals surface area contributed by atoms with E-state index in [1.807, 2.05) is 36.4 Å². The Labute approximate surface area is 189 Å². The highest BCUT2D eigenvalue weighted by Gasteiger charge is 2.43. The minimum atomic E-state index is -4.41. The van der Waals surface area contributed by atoms with Crippen LogP contribution in [0.2, 0.25) is 0 Å². The fourth-order valence-electron chi connectivity index (χ4n) is 3.75. The molecule has 0 radical (unpaired) electrons. The molecule has 1 unspecified atom stereocenters. The van der Waals surface area contributed by atoms with Gasteiger partial charge in [0.15, 0.2) is 0 Å². The minimum absolute atomic E-state index is 0.267. The van der Waals surface area contributed by atoms with Gasteiger partial charge in [0.1, 0.15) is 12.6 Å². The van der Waals surface area contributed by atoms with Crippen LogP contribution in [0.4, 0.5) is 0 Å². The predicted molar refractivity (Wildman–Crippen MR) is 118 cm³/mol. The molecule has 0 saturated carbocycles. The van der Waals surface area contributed by atoms with E-state index in [4.69, 9.17) is 4.74 Å². The number of hydrogen-bond donors (Lipinski definition) is 1. The van der Waals surface area contributed by atoms with Gasteiger partial charge in [0.2, 0.25) is 16.0 Å². The predicted octanol–water partition coefficient (Wildman–Crippen LogP) is 2.19. The molecular weight excluding hydrogens is 434 g/mol. The molecule has 9 heteroatoms. The lowest BCUT2D eigenvalue weighted by atomic mass is 9.86. The highest BCUT2D eigenvalue weighted by atomic mass is 32.3. The number of benzene rings is 2. The number of rotatable bonds is 6. The maximum atomic E-state index is 13.0. The molecule has 2 aromatic rings. The lowest BCUT2D eigenvalue weighted by Gasteiger charge is -2.41. The largest absolute Gasteiger partial charge is 0.726 e. The van der Waals surface area contributed by atoms with Crippen LogP contribution in [0.25, 0.3) is 0 Å². The van der Waals surface area contributed by atoms with Gasteiger partial charge in [0.25, 0.3) is 0 Å². The molecule has 1 heterocycles. The van der Waals surface area contributed by atoms with Crippen molar-refractivity contribution in [3.8, 4) is 0 Å². The first-order chi connectivity index (χ1) is 15.0. The van der Waals surface area contributed by atoms with Crippen LogP contribution in [0.1, 0.15) is 30.4 Å². The molecule has 2 aromatic carbocycles. The number of carbonyl (C=O) groups excluding carboxylic acids is 1. The number of hydrogen-bond acceptors (Lipinski definition) is 7. The number of ether oxygens (including phenoxy) is 1. The van der Waals surface area contributed by atoms with Crippen LogP contribution in [-0.4, -0.2) is 68.9 Å². The average Bonchev–Trinajstić information content (AvgIpc) is 2.78. The Morgan fingerprint density at radius 1 is 1.06 bits per heavy atom. The molecule has 1 aliphatic heterocycles. The average molecular weight is 466 g/mol. The minimum Gasteiger partial charge on any atom is -0.726 e. The summed E-state index contributed by atoms with van der Waals surface area (Å²) < 4.78 is 37.6. The number of esters is 1. The van der Waals surface area contributed by atoms with Gasteiger partial charge in [0, 0.05) is 6.42 Å². The van der Waals surface area contributed by atoms with E-state index in [1.54, 1.807) is 24.3 Å². The van der Waals surface area contributed by atoms with Crippen molar-refractivity contribution >= 4 is 16.4 Å².